The number of anilines is 1. The van der Waals surface area contributed by atoms with Crippen molar-refractivity contribution in [1.29, 1.82) is 0 Å². The molecule has 16 heavy (non-hydrogen) atoms. The van der Waals surface area contributed by atoms with Gasteiger partial charge in [0.15, 0.2) is 0 Å². The summed E-state index contributed by atoms with van der Waals surface area (Å²) in [4.78, 5) is 15.4. The average molecular weight is 219 g/mol. The fourth-order valence-electron chi connectivity index (χ4n) is 1.09. The van der Waals surface area contributed by atoms with E-state index in [1.54, 1.807) is 18.3 Å². The smallest absolute Gasteiger partial charge is 0.238 e. The monoisotopic (exact) mass is 219 g/mol. The van der Waals surface area contributed by atoms with Crippen molar-refractivity contribution in [2.24, 2.45) is 0 Å². The first kappa shape index (κ1) is 12.0. The van der Waals surface area contributed by atoms with Crippen LogP contribution in [0.1, 0.15) is 0 Å². The number of hydrogen-bond donors (Lipinski definition) is 2. The van der Waals surface area contributed by atoms with Crippen LogP contribution in [0.2, 0.25) is 0 Å². The highest BCUT2D eigenvalue weighted by Gasteiger charge is 2.06. The summed E-state index contributed by atoms with van der Waals surface area (Å²) in [6.45, 7) is 0.514. The van der Waals surface area contributed by atoms with Gasteiger partial charge in [-0.15, -0.1) is 6.42 Å². The van der Waals surface area contributed by atoms with Gasteiger partial charge < -0.3 is 10.1 Å². The predicted octanol–water partition coefficient (Wildman–Crippen LogP) is 0.251. The van der Waals surface area contributed by atoms with Crippen LogP contribution in [0.25, 0.3) is 0 Å². The maximum Gasteiger partial charge on any atom is 0.238 e. The molecule has 1 aromatic heterocycles. The van der Waals surface area contributed by atoms with E-state index in [4.69, 9.17) is 11.2 Å². The molecule has 0 aromatic carbocycles. The lowest BCUT2D eigenvalue weighted by Gasteiger charge is -2.08. The Morgan fingerprint density at radius 3 is 3.19 bits per heavy atom. The molecule has 0 saturated carbocycles. The summed E-state index contributed by atoms with van der Waals surface area (Å²) in [7, 11) is 1.49. The van der Waals surface area contributed by atoms with Gasteiger partial charge in [-0.05, 0) is 12.1 Å². The Morgan fingerprint density at radius 2 is 2.50 bits per heavy atom. The third-order valence-corrected chi connectivity index (χ3v) is 1.75. The number of terminal acetylenes is 1. The molecule has 0 bridgehead atoms. The van der Waals surface area contributed by atoms with Gasteiger partial charge >= 0.3 is 0 Å². The van der Waals surface area contributed by atoms with Gasteiger partial charge in [0.05, 0.1) is 20.2 Å². The first-order chi connectivity index (χ1) is 7.77. The number of methoxy groups -OCH3 is 1. The zero-order valence-electron chi connectivity index (χ0n) is 8.99. The minimum atomic E-state index is -0.193. The van der Waals surface area contributed by atoms with E-state index in [2.05, 4.69) is 21.5 Å². The molecule has 0 unspecified atom stereocenters. The van der Waals surface area contributed by atoms with Crippen LogP contribution in [0.3, 0.4) is 0 Å². The van der Waals surface area contributed by atoms with Crippen molar-refractivity contribution in [3.8, 4) is 18.2 Å². The quantitative estimate of drug-likeness (QED) is 0.550. The predicted molar refractivity (Wildman–Crippen MR) is 61.1 cm³/mol. The minimum absolute atomic E-state index is 0.155. The van der Waals surface area contributed by atoms with Crippen LogP contribution in [0, 0.1) is 12.3 Å². The van der Waals surface area contributed by atoms with Crippen molar-refractivity contribution in [3.63, 3.8) is 0 Å². The first-order valence-corrected chi connectivity index (χ1v) is 4.71. The molecule has 0 aliphatic carbocycles. The molecule has 0 spiro atoms. The lowest BCUT2D eigenvalue weighted by Crippen LogP contribution is -2.28. The first-order valence-electron chi connectivity index (χ1n) is 4.71. The summed E-state index contributed by atoms with van der Waals surface area (Å²) in [5.41, 5.74) is 0.539. The van der Waals surface area contributed by atoms with Crippen LogP contribution in [0.5, 0.6) is 5.88 Å². The molecule has 0 fully saturated rings. The van der Waals surface area contributed by atoms with E-state index in [1.165, 1.54) is 7.11 Å². The van der Waals surface area contributed by atoms with Crippen LogP contribution < -0.4 is 15.4 Å². The average Bonchev–Trinajstić information content (AvgIpc) is 2.30. The van der Waals surface area contributed by atoms with Gasteiger partial charge in [0, 0.05) is 6.20 Å². The highest BCUT2D eigenvalue weighted by molar-refractivity contribution is 5.93. The lowest BCUT2D eigenvalue weighted by atomic mass is 10.4. The zero-order valence-corrected chi connectivity index (χ0v) is 8.99. The topological polar surface area (TPSA) is 63.2 Å². The second kappa shape index (κ2) is 6.43. The van der Waals surface area contributed by atoms with Crippen molar-refractivity contribution >= 4 is 11.6 Å². The van der Waals surface area contributed by atoms with Crippen LogP contribution in [-0.2, 0) is 4.79 Å². The number of carbonyl (C=O) groups is 1. The molecule has 0 saturated heterocycles. The molecule has 1 amide bonds. The van der Waals surface area contributed by atoms with Crippen LogP contribution in [-0.4, -0.2) is 31.1 Å². The molecule has 84 valence electrons. The van der Waals surface area contributed by atoms with Gasteiger partial charge in [-0.2, -0.15) is 0 Å². The Hall–Kier alpha value is -2.06. The third-order valence-electron chi connectivity index (χ3n) is 1.75. The molecule has 1 rings (SSSR count). The Bertz CT molecular complexity index is 398. The number of nitrogens with one attached hydrogen (secondary N) is 2. The van der Waals surface area contributed by atoms with Gasteiger partial charge in [-0.3, -0.25) is 10.1 Å². The number of hydrogen-bond acceptors (Lipinski definition) is 4. The molecule has 5 nitrogen and oxygen atoms in total. The van der Waals surface area contributed by atoms with Gasteiger partial charge in [0.2, 0.25) is 11.8 Å². The number of ether oxygens (including phenoxy) is 1. The number of pyridine rings is 1. The maximum atomic E-state index is 11.4. The summed E-state index contributed by atoms with van der Waals surface area (Å²) in [5.74, 6) is 2.57. The van der Waals surface area contributed by atoms with Crippen LogP contribution in [0.15, 0.2) is 18.3 Å². The third kappa shape index (κ3) is 3.59. The summed E-state index contributed by atoms with van der Waals surface area (Å²) in [6, 6.07) is 3.43. The van der Waals surface area contributed by atoms with E-state index in [0.717, 1.165) is 0 Å². The maximum absolute atomic E-state index is 11.4. The molecule has 5 heteroatoms. The van der Waals surface area contributed by atoms with Gasteiger partial charge in [-0.25, -0.2) is 4.98 Å². The van der Waals surface area contributed by atoms with E-state index in [-0.39, 0.29) is 12.5 Å². The Balaban J connectivity index is 2.53. The standard InChI is InChI=1S/C11H13N3O2/c1-3-6-12-8-10(15)14-9-5-4-7-13-11(9)16-2/h1,4-5,7,12H,6,8H2,2H3,(H,14,15). The summed E-state index contributed by atoms with van der Waals surface area (Å²) < 4.78 is 4.99. The number of aromatic nitrogens is 1. The van der Waals surface area contributed by atoms with E-state index in [0.29, 0.717) is 18.1 Å². The summed E-state index contributed by atoms with van der Waals surface area (Å²) >= 11 is 0. The number of rotatable bonds is 5. The number of amides is 1. The zero-order chi connectivity index (χ0) is 11.8. The summed E-state index contributed by atoms with van der Waals surface area (Å²) in [6.07, 6.45) is 6.63. The molecule has 0 aliphatic heterocycles. The lowest BCUT2D eigenvalue weighted by molar-refractivity contribution is -0.115. The second-order valence-electron chi connectivity index (χ2n) is 2.92. The van der Waals surface area contributed by atoms with Crippen molar-refractivity contribution in [3.05, 3.63) is 18.3 Å². The minimum Gasteiger partial charge on any atom is -0.480 e. The van der Waals surface area contributed by atoms with Crippen LogP contribution in [0.4, 0.5) is 5.69 Å². The second-order valence-corrected chi connectivity index (χ2v) is 2.92. The van der Waals surface area contributed by atoms with Crippen LogP contribution >= 0.6 is 0 Å². The van der Waals surface area contributed by atoms with E-state index in [1.807, 2.05) is 0 Å². The van der Waals surface area contributed by atoms with Crippen molar-refractivity contribution in [2.45, 2.75) is 0 Å². The van der Waals surface area contributed by atoms with Crippen molar-refractivity contribution in [1.82, 2.24) is 10.3 Å². The largest absolute Gasteiger partial charge is 0.480 e. The highest BCUT2D eigenvalue weighted by atomic mass is 16.5. The van der Waals surface area contributed by atoms with Gasteiger partial charge in [0.25, 0.3) is 0 Å². The Labute approximate surface area is 94.2 Å². The Kier molecular flexibility index (Phi) is 4.83. The molecular weight excluding hydrogens is 206 g/mol. The normalized spacial score (nSPS) is 9.25. The SMILES string of the molecule is C#CCNCC(=O)Nc1cccnc1OC. The Morgan fingerprint density at radius 1 is 1.69 bits per heavy atom. The van der Waals surface area contributed by atoms with Gasteiger partial charge in [-0.1, -0.05) is 5.92 Å². The molecule has 0 radical (unpaired) electrons. The number of nitrogens with zero attached hydrogens (tertiary/aromatic N) is 1. The molecular formula is C11H13N3O2. The molecule has 0 aliphatic rings. The van der Waals surface area contributed by atoms with E-state index >= 15 is 0 Å². The molecule has 2 N–H and O–H groups in total. The van der Waals surface area contributed by atoms with Gasteiger partial charge in [0.1, 0.15) is 5.69 Å². The van der Waals surface area contributed by atoms with Crippen molar-refractivity contribution < 1.29 is 9.53 Å². The number of carbonyl (C=O) groups excluding carboxylic acids is 1. The molecule has 1 aromatic rings. The molecule has 0 atom stereocenters. The van der Waals surface area contributed by atoms with E-state index in [9.17, 15) is 4.79 Å². The van der Waals surface area contributed by atoms with Crippen molar-refractivity contribution in [2.75, 3.05) is 25.5 Å². The fraction of sp³-hybridized carbons (Fsp3) is 0.273. The van der Waals surface area contributed by atoms with E-state index < -0.39 is 0 Å². The molecule has 1 heterocycles. The fourth-order valence-corrected chi connectivity index (χ4v) is 1.09. The highest BCUT2D eigenvalue weighted by Crippen LogP contribution is 2.19. The summed E-state index contributed by atoms with van der Waals surface area (Å²) in [5, 5.41) is 5.45.